The zero-order valence-electron chi connectivity index (χ0n) is 17.3. The van der Waals surface area contributed by atoms with Gasteiger partial charge in [0.1, 0.15) is 11.9 Å². The molecular formula is C24H19FN4O3S. The molecule has 1 aliphatic heterocycles. The minimum atomic E-state index is -1.11. The van der Waals surface area contributed by atoms with E-state index in [-0.39, 0.29) is 11.5 Å². The minimum Gasteiger partial charge on any atom is -0.324 e. The summed E-state index contributed by atoms with van der Waals surface area (Å²) in [6, 6.07) is 21.3. The van der Waals surface area contributed by atoms with E-state index in [1.807, 2.05) is 0 Å². The highest BCUT2D eigenvalue weighted by molar-refractivity contribution is 7.80. The van der Waals surface area contributed by atoms with Crippen molar-refractivity contribution in [3.05, 3.63) is 96.3 Å². The van der Waals surface area contributed by atoms with E-state index in [1.165, 1.54) is 34.2 Å². The molecule has 0 aromatic heterocycles. The second kappa shape index (κ2) is 9.58. The van der Waals surface area contributed by atoms with Crippen LogP contribution in [0.5, 0.6) is 0 Å². The second-order valence-electron chi connectivity index (χ2n) is 7.24. The minimum absolute atomic E-state index is 0.0408. The van der Waals surface area contributed by atoms with Crippen LogP contribution in [0.2, 0.25) is 0 Å². The van der Waals surface area contributed by atoms with Gasteiger partial charge in [-0.15, -0.1) is 0 Å². The molecule has 3 aromatic carbocycles. The Morgan fingerprint density at radius 2 is 1.52 bits per heavy atom. The predicted molar refractivity (Wildman–Crippen MR) is 126 cm³/mol. The Kier molecular flexibility index (Phi) is 6.41. The van der Waals surface area contributed by atoms with Gasteiger partial charge in [0.05, 0.1) is 12.1 Å². The van der Waals surface area contributed by atoms with E-state index in [1.54, 1.807) is 60.7 Å². The van der Waals surface area contributed by atoms with E-state index in [0.29, 0.717) is 16.9 Å². The van der Waals surface area contributed by atoms with Crippen molar-refractivity contribution in [2.75, 3.05) is 10.2 Å². The molecule has 1 atom stereocenters. The highest BCUT2D eigenvalue weighted by atomic mass is 32.1. The first-order valence-corrected chi connectivity index (χ1v) is 10.5. The standard InChI is InChI=1S/C24H19FN4O3S/c25-17-11-13-18(14-12-17)26-23(32)20-15-21(30)28(19-9-5-2-6-10-19)24(33)29(20)27-22(31)16-7-3-1-4-8-16/h1-14,20H,15H2,(H,26,32)(H,27,31). The fourth-order valence-corrected chi connectivity index (χ4v) is 3.77. The molecule has 0 aliphatic carbocycles. The van der Waals surface area contributed by atoms with Gasteiger partial charge in [-0.05, 0) is 60.7 Å². The van der Waals surface area contributed by atoms with Gasteiger partial charge in [0.25, 0.3) is 5.91 Å². The molecule has 1 saturated heterocycles. The summed E-state index contributed by atoms with van der Waals surface area (Å²) in [7, 11) is 0. The molecule has 9 heteroatoms. The summed E-state index contributed by atoms with van der Waals surface area (Å²) in [5.41, 5.74) is 3.90. The number of nitrogens with zero attached hydrogens (tertiary/aromatic N) is 2. The lowest BCUT2D eigenvalue weighted by Gasteiger charge is -2.41. The SMILES string of the molecule is O=C(NN1C(=S)N(c2ccccc2)C(=O)CC1C(=O)Nc1ccc(F)cc1)c1ccccc1. The number of amides is 3. The Morgan fingerprint density at radius 1 is 0.909 bits per heavy atom. The normalized spacial score (nSPS) is 15.8. The largest absolute Gasteiger partial charge is 0.324 e. The molecule has 7 nitrogen and oxygen atoms in total. The predicted octanol–water partition coefficient (Wildman–Crippen LogP) is 3.50. The van der Waals surface area contributed by atoms with Crippen molar-refractivity contribution in [1.82, 2.24) is 10.4 Å². The lowest BCUT2D eigenvalue weighted by molar-refractivity contribution is -0.127. The van der Waals surface area contributed by atoms with Crippen LogP contribution in [0.3, 0.4) is 0 Å². The fourth-order valence-electron chi connectivity index (χ4n) is 3.39. The first kappa shape index (κ1) is 22.1. The average molecular weight is 463 g/mol. The van der Waals surface area contributed by atoms with Gasteiger partial charge in [-0.2, -0.15) is 0 Å². The first-order chi connectivity index (χ1) is 15.9. The van der Waals surface area contributed by atoms with Gasteiger partial charge in [-0.25, -0.2) is 9.40 Å². The average Bonchev–Trinajstić information content (AvgIpc) is 2.83. The Bertz CT molecular complexity index is 1190. The van der Waals surface area contributed by atoms with Crippen LogP contribution in [-0.4, -0.2) is 33.9 Å². The van der Waals surface area contributed by atoms with Gasteiger partial charge in [0.15, 0.2) is 0 Å². The van der Waals surface area contributed by atoms with Crippen molar-refractivity contribution in [2.45, 2.75) is 12.5 Å². The number of thiocarbonyl (C=S) groups is 1. The smallest absolute Gasteiger partial charge is 0.269 e. The van der Waals surface area contributed by atoms with Crippen molar-refractivity contribution < 1.29 is 18.8 Å². The van der Waals surface area contributed by atoms with E-state index >= 15 is 0 Å². The Balaban J connectivity index is 1.64. The summed E-state index contributed by atoms with van der Waals surface area (Å²) in [6.45, 7) is 0. The summed E-state index contributed by atoms with van der Waals surface area (Å²) in [5, 5.41) is 3.83. The van der Waals surface area contributed by atoms with Crippen molar-refractivity contribution in [2.24, 2.45) is 0 Å². The van der Waals surface area contributed by atoms with Gasteiger partial charge in [-0.1, -0.05) is 36.4 Å². The second-order valence-corrected chi connectivity index (χ2v) is 7.61. The number of carbonyl (C=O) groups is 3. The molecule has 33 heavy (non-hydrogen) atoms. The third-order valence-electron chi connectivity index (χ3n) is 5.01. The zero-order chi connectivity index (χ0) is 23.4. The Hall–Kier alpha value is -4.11. The third-order valence-corrected chi connectivity index (χ3v) is 5.39. The highest BCUT2D eigenvalue weighted by Gasteiger charge is 2.41. The molecule has 1 heterocycles. The molecule has 3 amide bonds. The first-order valence-electron chi connectivity index (χ1n) is 10.1. The van der Waals surface area contributed by atoms with Crippen LogP contribution in [0.4, 0.5) is 15.8 Å². The maximum atomic E-state index is 13.2. The molecule has 1 unspecified atom stereocenters. The van der Waals surface area contributed by atoms with Crippen molar-refractivity contribution in [1.29, 1.82) is 0 Å². The molecule has 2 N–H and O–H groups in total. The highest BCUT2D eigenvalue weighted by Crippen LogP contribution is 2.24. The zero-order valence-corrected chi connectivity index (χ0v) is 18.1. The van der Waals surface area contributed by atoms with Gasteiger partial charge < -0.3 is 5.32 Å². The molecular weight excluding hydrogens is 443 g/mol. The third kappa shape index (κ3) is 4.88. The number of carbonyl (C=O) groups excluding carboxylic acids is 3. The number of benzene rings is 3. The lowest BCUT2D eigenvalue weighted by atomic mass is 10.1. The van der Waals surface area contributed by atoms with Crippen LogP contribution in [0.15, 0.2) is 84.9 Å². The number of anilines is 2. The van der Waals surface area contributed by atoms with Crippen molar-refractivity contribution in [3.8, 4) is 0 Å². The summed E-state index contributed by atoms with van der Waals surface area (Å²) in [6.07, 6.45) is -0.239. The molecule has 0 spiro atoms. The topological polar surface area (TPSA) is 81.8 Å². The molecule has 166 valence electrons. The molecule has 4 rings (SSSR count). The maximum Gasteiger partial charge on any atom is 0.269 e. The number of hydrogen-bond acceptors (Lipinski definition) is 4. The van der Waals surface area contributed by atoms with E-state index in [4.69, 9.17) is 12.2 Å². The lowest BCUT2D eigenvalue weighted by Crippen LogP contribution is -2.65. The van der Waals surface area contributed by atoms with E-state index in [2.05, 4.69) is 10.7 Å². The van der Waals surface area contributed by atoms with Crippen LogP contribution in [0, 0.1) is 5.82 Å². The Morgan fingerprint density at radius 3 is 2.15 bits per heavy atom. The van der Waals surface area contributed by atoms with Crippen LogP contribution in [0.1, 0.15) is 16.8 Å². The summed E-state index contributed by atoms with van der Waals surface area (Å²) >= 11 is 5.54. The van der Waals surface area contributed by atoms with Crippen LogP contribution in [-0.2, 0) is 9.59 Å². The monoisotopic (exact) mass is 462 g/mol. The number of para-hydroxylation sites is 1. The Labute approximate surface area is 194 Å². The fraction of sp³-hybridized carbons (Fsp3) is 0.0833. The summed E-state index contributed by atoms with van der Waals surface area (Å²) in [4.78, 5) is 40.2. The van der Waals surface area contributed by atoms with Crippen molar-refractivity contribution >= 4 is 46.4 Å². The number of nitrogens with one attached hydrogen (secondary N) is 2. The molecule has 1 fully saturated rings. The van der Waals surface area contributed by atoms with Crippen LogP contribution >= 0.6 is 12.2 Å². The number of hydrogen-bond donors (Lipinski definition) is 2. The number of rotatable bonds is 5. The molecule has 3 aromatic rings. The van der Waals surface area contributed by atoms with Gasteiger partial charge in [0.2, 0.25) is 16.9 Å². The van der Waals surface area contributed by atoms with Gasteiger partial charge in [-0.3, -0.25) is 24.7 Å². The van der Waals surface area contributed by atoms with E-state index in [0.717, 1.165) is 0 Å². The molecule has 1 aliphatic rings. The van der Waals surface area contributed by atoms with Crippen LogP contribution < -0.4 is 15.6 Å². The molecule has 0 radical (unpaired) electrons. The quantitative estimate of drug-likeness (QED) is 0.568. The molecule has 0 saturated carbocycles. The van der Waals surface area contributed by atoms with Gasteiger partial charge >= 0.3 is 0 Å². The van der Waals surface area contributed by atoms with Crippen LogP contribution in [0.25, 0.3) is 0 Å². The molecule has 0 bridgehead atoms. The number of hydrazine groups is 1. The maximum absolute atomic E-state index is 13.2. The number of halogens is 1. The van der Waals surface area contributed by atoms with E-state index in [9.17, 15) is 18.8 Å². The summed E-state index contributed by atoms with van der Waals surface area (Å²) in [5.74, 6) is -1.90. The van der Waals surface area contributed by atoms with E-state index < -0.39 is 29.6 Å². The van der Waals surface area contributed by atoms with Crippen molar-refractivity contribution in [3.63, 3.8) is 0 Å². The summed E-state index contributed by atoms with van der Waals surface area (Å²) < 4.78 is 13.2. The van der Waals surface area contributed by atoms with Gasteiger partial charge in [0, 0.05) is 11.3 Å².